The number of aryl methyl sites for hydroxylation is 1. The van der Waals surface area contributed by atoms with Crippen molar-refractivity contribution in [2.75, 3.05) is 10.6 Å². The van der Waals surface area contributed by atoms with E-state index < -0.39 is 11.0 Å². The first-order valence-electron chi connectivity index (χ1n) is 11.7. The number of allylic oxidation sites excluding steroid dienone is 1. The number of hydrogen-bond donors (Lipinski definition) is 2. The molecular weight excluding hydrogens is 524 g/mol. The molecule has 3 aromatic carbocycles. The molecule has 1 amide bonds. The Labute approximate surface area is 228 Å². The molecule has 38 heavy (non-hydrogen) atoms. The van der Waals surface area contributed by atoms with Crippen molar-refractivity contribution in [1.82, 2.24) is 14.8 Å². The number of thioether (sulfide) groups is 1. The van der Waals surface area contributed by atoms with Gasteiger partial charge >= 0.3 is 0 Å². The Morgan fingerprint density at radius 1 is 1.11 bits per heavy atom. The molecule has 1 atom stereocenters. The maximum atomic E-state index is 13.6. The molecule has 0 fully saturated rings. The van der Waals surface area contributed by atoms with Crippen LogP contribution in [0.15, 0.2) is 89.2 Å². The van der Waals surface area contributed by atoms with Crippen LogP contribution >= 0.6 is 23.4 Å². The van der Waals surface area contributed by atoms with E-state index in [0.29, 0.717) is 33.2 Å². The number of rotatable bonds is 7. The molecule has 5 rings (SSSR count). The number of benzene rings is 3. The molecule has 2 N–H and O–H groups in total. The molecule has 0 saturated heterocycles. The number of nitro benzene ring substituents is 1. The molecule has 11 heteroatoms. The Morgan fingerprint density at radius 2 is 1.82 bits per heavy atom. The number of carbonyl (C=O) groups is 1. The van der Waals surface area contributed by atoms with Crippen LogP contribution in [0.5, 0.6) is 0 Å². The minimum Gasteiger partial charge on any atom is -0.328 e. The van der Waals surface area contributed by atoms with Crippen LogP contribution in [-0.4, -0.2) is 25.6 Å². The molecule has 0 radical (unpaired) electrons. The van der Waals surface area contributed by atoms with Crippen LogP contribution in [-0.2, 0) is 10.5 Å². The first kappa shape index (κ1) is 25.5. The Balaban J connectivity index is 1.45. The standard InChI is InChI=1S/C27H23ClN6O3S/c1-16-5-3-4-6-22(16)30-25(35)23-17(2)29-26-31-27(38-15-18-7-13-21(14-8-18)34(36)37)32-33(26)24(23)19-9-11-20(28)12-10-19/h3-14,24H,15H2,1-2H3,(H,30,35)(H,29,31,32). The summed E-state index contributed by atoms with van der Waals surface area (Å²) in [6.07, 6.45) is 0. The maximum absolute atomic E-state index is 13.6. The molecule has 2 heterocycles. The number of anilines is 2. The van der Waals surface area contributed by atoms with E-state index in [0.717, 1.165) is 22.4 Å². The summed E-state index contributed by atoms with van der Waals surface area (Å²) in [4.78, 5) is 28.8. The molecule has 0 bridgehead atoms. The summed E-state index contributed by atoms with van der Waals surface area (Å²) in [6, 6.07) is 20.8. The molecule has 0 aliphatic carbocycles. The van der Waals surface area contributed by atoms with E-state index in [-0.39, 0.29) is 11.6 Å². The van der Waals surface area contributed by atoms with Gasteiger partial charge in [-0.25, -0.2) is 4.68 Å². The fraction of sp³-hybridized carbons (Fsp3) is 0.148. The van der Waals surface area contributed by atoms with Gasteiger partial charge in [-0.15, -0.1) is 5.10 Å². The van der Waals surface area contributed by atoms with Crippen molar-refractivity contribution >= 4 is 46.6 Å². The zero-order chi connectivity index (χ0) is 26.8. The number of non-ortho nitro benzene ring substituents is 1. The predicted octanol–water partition coefficient (Wildman–Crippen LogP) is 6.37. The fourth-order valence-corrected chi connectivity index (χ4v) is 5.12. The van der Waals surface area contributed by atoms with Crippen LogP contribution in [0.1, 0.15) is 29.7 Å². The van der Waals surface area contributed by atoms with Crippen LogP contribution in [0, 0.1) is 17.0 Å². The highest BCUT2D eigenvalue weighted by Gasteiger charge is 2.34. The van der Waals surface area contributed by atoms with Crippen molar-refractivity contribution in [2.45, 2.75) is 30.8 Å². The average molecular weight is 547 g/mol. The summed E-state index contributed by atoms with van der Waals surface area (Å²) >= 11 is 7.56. The average Bonchev–Trinajstić information content (AvgIpc) is 3.31. The lowest BCUT2D eigenvalue weighted by Crippen LogP contribution is -2.31. The maximum Gasteiger partial charge on any atom is 0.269 e. The number of halogens is 1. The van der Waals surface area contributed by atoms with Gasteiger partial charge in [-0.05, 0) is 48.7 Å². The molecule has 1 aliphatic rings. The SMILES string of the molecule is CC1=C(C(=O)Nc2ccccc2C)C(c2ccc(Cl)cc2)n2nc(SCc3ccc([N+](=O)[O-])cc3)nc2N1. The van der Waals surface area contributed by atoms with Gasteiger partial charge in [-0.2, -0.15) is 4.98 Å². The number of aromatic nitrogens is 3. The zero-order valence-electron chi connectivity index (χ0n) is 20.5. The van der Waals surface area contributed by atoms with Crippen molar-refractivity contribution in [3.63, 3.8) is 0 Å². The minimum atomic E-state index is -0.534. The quantitative estimate of drug-likeness (QED) is 0.157. The van der Waals surface area contributed by atoms with Gasteiger partial charge in [0.2, 0.25) is 11.1 Å². The normalized spacial score (nSPS) is 14.6. The molecule has 4 aromatic rings. The number of hydrogen-bond acceptors (Lipinski definition) is 7. The van der Waals surface area contributed by atoms with Crippen molar-refractivity contribution < 1.29 is 9.72 Å². The number of amides is 1. The second-order valence-corrected chi connectivity index (χ2v) is 10.1. The molecule has 9 nitrogen and oxygen atoms in total. The van der Waals surface area contributed by atoms with Crippen molar-refractivity contribution in [1.29, 1.82) is 0 Å². The highest BCUT2D eigenvalue weighted by Crippen LogP contribution is 2.37. The van der Waals surface area contributed by atoms with E-state index in [9.17, 15) is 14.9 Å². The van der Waals surface area contributed by atoms with E-state index >= 15 is 0 Å². The Bertz CT molecular complexity index is 1550. The fourth-order valence-electron chi connectivity index (χ4n) is 4.20. The van der Waals surface area contributed by atoms with E-state index in [1.807, 2.05) is 50.2 Å². The van der Waals surface area contributed by atoms with Crippen LogP contribution in [0.3, 0.4) is 0 Å². The summed E-state index contributed by atoms with van der Waals surface area (Å²) in [7, 11) is 0. The molecular formula is C27H23ClN6O3S. The third kappa shape index (κ3) is 5.27. The largest absolute Gasteiger partial charge is 0.328 e. The van der Waals surface area contributed by atoms with Crippen LogP contribution in [0.25, 0.3) is 0 Å². The molecule has 1 aromatic heterocycles. The Kier molecular flexibility index (Phi) is 7.17. The van der Waals surface area contributed by atoms with E-state index in [2.05, 4.69) is 15.6 Å². The van der Waals surface area contributed by atoms with Crippen molar-refractivity contribution in [3.8, 4) is 0 Å². The van der Waals surface area contributed by atoms with Crippen LogP contribution < -0.4 is 10.6 Å². The number of para-hydroxylation sites is 1. The second kappa shape index (κ2) is 10.7. The first-order chi connectivity index (χ1) is 18.3. The monoisotopic (exact) mass is 546 g/mol. The van der Waals surface area contributed by atoms with Gasteiger partial charge in [-0.1, -0.05) is 65.8 Å². The second-order valence-electron chi connectivity index (χ2n) is 8.76. The van der Waals surface area contributed by atoms with Gasteiger partial charge in [0.05, 0.1) is 10.5 Å². The van der Waals surface area contributed by atoms with E-state index in [4.69, 9.17) is 16.7 Å². The van der Waals surface area contributed by atoms with Crippen molar-refractivity contribution in [3.05, 3.63) is 116 Å². The predicted molar refractivity (Wildman–Crippen MR) is 148 cm³/mol. The smallest absolute Gasteiger partial charge is 0.269 e. The Hall–Kier alpha value is -4.15. The summed E-state index contributed by atoms with van der Waals surface area (Å²) in [5.74, 6) is 0.798. The van der Waals surface area contributed by atoms with Gasteiger partial charge in [-0.3, -0.25) is 14.9 Å². The highest BCUT2D eigenvalue weighted by atomic mass is 35.5. The van der Waals surface area contributed by atoms with Gasteiger partial charge in [0.15, 0.2) is 0 Å². The minimum absolute atomic E-state index is 0.0439. The number of nitrogens with zero attached hydrogens (tertiary/aromatic N) is 4. The van der Waals surface area contributed by atoms with Crippen LogP contribution in [0.2, 0.25) is 5.02 Å². The number of nitro groups is 1. The molecule has 0 saturated carbocycles. The third-order valence-electron chi connectivity index (χ3n) is 6.17. The van der Waals surface area contributed by atoms with Gasteiger partial charge < -0.3 is 10.6 Å². The summed E-state index contributed by atoms with van der Waals surface area (Å²) in [6.45, 7) is 3.79. The van der Waals surface area contributed by atoms with E-state index in [1.165, 1.54) is 23.9 Å². The molecule has 0 spiro atoms. The summed E-state index contributed by atoms with van der Waals surface area (Å²) in [5, 5.41) is 23.0. The van der Waals surface area contributed by atoms with Gasteiger partial charge in [0.1, 0.15) is 6.04 Å². The van der Waals surface area contributed by atoms with Gasteiger partial charge in [0.25, 0.3) is 11.6 Å². The van der Waals surface area contributed by atoms with E-state index in [1.54, 1.807) is 28.9 Å². The van der Waals surface area contributed by atoms with Crippen LogP contribution in [0.4, 0.5) is 17.3 Å². The summed E-state index contributed by atoms with van der Waals surface area (Å²) < 4.78 is 1.71. The Morgan fingerprint density at radius 3 is 2.50 bits per heavy atom. The first-order valence-corrected chi connectivity index (χ1v) is 13.1. The number of fused-ring (bicyclic) bond motifs is 1. The lowest BCUT2D eigenvalue weighted by molar-refractivity contribution is -0.384. The number of nitrogens with one attached hydrogen (secondary N) is 2. The lowest BCUT2D eigenvalue weighted by Gasteiger charge is -2.28. The molecule has 1 aliphatic heterocycles. The molecule has 192 valence electrons. The van der Waals surface area contributed by atoms with Gasteiger partial charge in [0, 0.05) is 34.3 Å². The highest BCUT2D eigenvalue weighted by molar-refractivity contribution is 7.98. The zero-order valence-corrected chi connectivity index (χ0v) is 22.1. The molecule has 1 unspecified atom stereocenters. The topological polar surface area (TPSA) is 115 Å². The van der Waals surface area contributed by atoms with Crippen molar-refractivity contribution in [2.24, 2.45) is 0 Å². The summed E-state index contributed by atoms with van der Waals surface area (Å²) in [5.41, 5.74) is 4.66. The number of carbonyl (C=O) groups excluding carboxylic acids is 1. The third-order valence-corrected chi connectivity index (χ3v) is 7.33. The lowest BCUT2D eigenvalue weighted by atomic mass is 9.95.